The molecular formula is C11H15ClN2O3S. The van der Waals surface area contributed by atoms with E-state index in [0.29, 0.717) is 11.7 Å². The van der Waals surface area contributed by atoms with Crippen LogP contribution in [0.25, 0.3) is 0 Å². The van der Waals surface area contributed by atoms with Crippen molar-refractivity contribution < 1.29 is 14.6 Å². The number of carboxylic acids is 1. The summed E-state index contributed by atoms with van der Waals surface area (Å²) in [6.45, 7) is 1.51. The van der Waals surface area contributed by atoms with Crippen molar-refractivity contribution in [1.29, 1.82) is 0 Å². The number of hydrogen-bond acceptors (Lipinski definition) is 5. The smallest absolute Gasteiger partial charge is 0.349 e. The third-order valence-electron chi connectivity index (χ3n) is 2.85. The number of halogens is 1. The number of aromatic nitrogens is 1. The standard InChI is InChI=1S/C11H15ClN2O3S/c1-14(6-7-4-2-3-5-17-7)11-13-9(12)8(18-11)10(15)16/h7H,2-6H2,1H3,(H,15,16). The highest BCUT2D eigenvalue weighted by Gasteiger charge is 2.21. The van der Waals surface area contributed by atoms with Crippen LogP contribution in [0.4, 0.5) is 5.13 Å². The molecule has 5 nitrogen and oxygen atoms in total. The first-order valence-electron chi connectivity index (χ1n) is 5.80. The Hall–Kier alpha value is -0.850. The molecule has 1 saturated heterocycles. The van der Waals surface area contributed by atoms with Crippen LogP contribution in [0.15, 0.2) is 0 Å². The van der Waals surface area contributed by atoms with Crippen LogP contribution in [0.2, 0.25) is 5.15 Å². The van der Waals surface area contributed by atoms with Crippen molar-refractivity contribution in [3.05, 3.63) is 10.0 Å². The van der Waals surface area contributed by atoms with Gasteiger partial charge in [0, 0.05) is 20.2 Å². The number of rotatable bonds is 4. The Balaban J connectivity index is 2.01. The number of nitrogens with zero attached hydrogens (tertiary/aromatic N) is 2. The Morgan fingerprint density at radius 2 is 2.44 bits per heavy atom. The molecule has 1 aromatic rings. The molecule has 0 radical (unpaired) electrons. The van der Waals surface area contributed by atoms with Crippen LogP contribution in [-0.4, -0.2) is 42.4 Å². The van der Waals surface area contributed by atoms with E-state index in [-0.39, 0.29) is 16.1 Å². The quantitative estimate of drug-likeness (QED) is 0.923. The van der Waals surface area contributed by atoms with Gasteiger partial charge in [-0.1, -0.05) is 22.9 Å². The van der Waals surface area contributed by atoms with Crippen molar-refractivity contribution in [2.45, 2.75) is 25.4 Å². The average molecular weight is 291 g/mol. The third-order valence-corrected chi connectivity index (χ3v) is 4.39. The molecule has 0 amide bonds. The molecule has 1 atom stereocenters. The predicted molar refractivity (Wildman–Crippen MR) is 70.9 cm³/mol. The van der Waals surface area contributed by atoms with Crippen molar-refractivity contribution in [2.75, 3.05) is 25.1 Å². The van der Waals surface area contributed by atoms with Gasteiger partial charge in [0.15, 0.2) is 15.2 Å². The SMILES string of the molecule is CN(CC1CCCCO1)c1nc(Cl)c(C(=O)O)s1. The number of likely N-dealkylation sites (N-methyl/N-ethyl adjacent to an activating group) is 1. The van der Waals surface area contributed by atoms with Gasteiger partial charge in [-0.25, -0.2) is 9.78 Å². The summed E-state index contributed by atoms with van der Waals surface area (Å²) >= 11 is 6.88. The molecule has 0 aromatic carbocycles. The Kier molecular flexibility index (Phi) is 4.42. The highest BCUT2D eigenvalue weighted by atomic mass is 35.5. The largest absolute Gasteiger partial charge is 0.477 e. The van der Waals surface area contributed by atoms with Crippen LogP contribution in [0.5, 0.6) is 0 Å². The van der Waals surface area contributed by atoms with Crippen molar-refractivity contribution in [3.63, 3.8) is 0 Å². The van der Waals surface area contributed by atoms with Gasteiger partial charge in [-0.05, 0) is 19.3 Å². The van der Waals surface area contributed by atoms with E-state index in [0.717, 1.165) is 30.8 Å². The number of carboxylic acid groups (broad SMARTS) is 1. The van der Waals surface area contributed by atoms with Gasteiger partial charge < -0.3 is 14.7 Å². The number of thiazole rings is 1. The lowest BCUT2D eigenvalue weighted by Gasteiger charge is -2.27. The number of aromatic carboxylic acids is 1. The molecule has 100 valence electrons. The second kappa shape index (κ2) is 5.86. The maximum atomic E-state index is 10.9. The zero-order valence-electron chi connectivity index (χ0n) is 10.1. The molecule has 1 N–H and O–H groups in total. The monoisotopic (exact) mass is 290 g/mol. The fourth-order valence-electron chi connectivity index (χ4n) is 1.92. The maximum absolute atomic E-state index is 10.9. The zero-order valence-corrected chi connectivity index (χ0v) is 11.6. The number of ether oxygens (including phenoxy) is 1. The molecule has 1 aliphatic heterocycles. The molecule has 0 aliphatic carbocycles. The van der Waals surface area contributed by atoms with Gasteiger partial charge in [-0.15, -0.1) is 0 Å². The first kappa shape index (κ1) is 13.6. The fraction of sp³-hybridized carbons (Fsp3) is 0.636. The van der Waals surface area contributed by atoms with Gasteiger partial charge in [-0.2, -0.15) is 0 Å². The van der Waals surface area contributed by atoms with Crippen LogP contribution < -0.4 is 4.90 Å². The molecule has 0 spiro atoms. The van der Waals surface area contributed by atoms with Crippen LogP contribution in [0.1, 0.15) is 28.9 Å². The molecular weight excluding hydrogens is 276 g/mol. The van der Waals surface area contributed by atoms with Gasteiger partial charge in [0.25, 0.3) is 0 Å². The van der Waals surface area contributed by atoms with Crippen molar-refractivity contribution >= 4 is 34.0 Å². The van der Waals surface area contributed by atoms with E-state index in [9.17, 15) is 4.79 Å². The zero-order chi connectivity index (χ0) is 13.1. The van der Waals surface area contributed by atoms with E-state index in [4.69, 9.17) is 21.4 Å². The molecule has 18 heavy (non-hydrogen) atoms. The first-order valence-corrected chi connectivity index (χ1v) is 6.99. The lowest BCUT2D eigenvalue weighted by molar-refractivity contribution is 0.0216. The summed E-state index contributed by atoms with van der Waals surface area (Å²) in [5, 5.41) is 9.60. The average Bonchev–Trinajstić information content (AvgIpc) is 2.73. The Morgan fingerprint density at radius 1 is 1.67 bits per heavy atom. The van der Waals surface area contributed by atoms with Gasteiger partial charge >= 0.3 is 5.97 Å². The summed E-state index contributed by atoms with van der Waals surface area (Å²) in [6.07, 6.45) is 3.53. The normalized spacial score (nSPS) is 19.8. The van der Waals surface area contributed by atoms with Gasteiger partial charge in [-0.3, -0.25) is 0 Å². The van der Waals surface area contributed by atoms with Crippen LogP contribution in [-0.2, 0) is 4.74 Å². The first-order chi connectivity index (χ1) is 8.58. The van der Waals surface area contributed by atoms with E-state index < -0.39 is 5.97 Å². The molecule has 1 fully saturated rings. The predicted octanol–water partition coefficient (Wildman–Crippen LogP) is 2.50. The Bertz CT molecular complexity index is 432. The topological polar surface area (TPSA) is 62.7 Å². The summed E-state index contributed by atoms with van der Waals surface area (Å²) in [4.78, 5) is 16.9. The summed E-state index contributed by atoms with van der Waals surface area (Å²) in [5.41, 5.74) is 0. The molecule has 1 aromatic heterocycles. The highest BCUT2D eigenvalue weighted by molar-refractivity contribution is 7.18. The maximum Gasteiger partial charge on any atom is 0.349 e. The van der Waals surface area contributed by atoms with E-state index in [1.165, 1.54) is 6.42 Å². The molecule has 0 bridgehead atoms. The van der Waals surface area contributed by atoms with Crippen LogP contribution in [0.3, 0.4) is 0 Å². The van der Waals surface area contributed by atoms with Gasteiger partial charge in [0.2, 0.25) is 0 Å². The number of anilines is 1. The minimum absolute atomic E-state index is 0.0545. The van der Waals surface area contributed by atoms with E-state index >= 15 is 0 Å². The Labute approximate surface area is 114 Å². The summed E-state index contributed by atoms with van der Waals surface area (Å²) < 4.78 is 5.64. The van der Waals surface area contributed by atoms with E-state index in [1.807, 2.05) is 11.9 Å². The highest BCUT2D eigenvalue weighted by Crippen LogP contribution is 2.29. The molecule has 2 rings (SSSR count). The lowest BCUT2D eigenvalue weighted by atomic mass is 10.1. The second-order valence-corrected chi connectivity index (χ2v) is 5.63. The van der Waals surface area contributed by atoms with E-state index in [2.05, 4.69) is 4.98 Å². The summed E-state index contributed by atoms with van der Waals surface area (Å²) in [6, 6.07) is 0. The van der Waals surface area contributed by atoms with Crippen molar-refractivity contribution in [2.24, 2.45) is 0 Å². The summed E-state index contributed by atoms with van der Waals surface area (Å²) in [7, 11) is 1.87. The summed E-state index contributed by atoms with van der Waals surface area (Å²) in [5.74, 6) is -1.04. The molecule has 1 unspecified atom stereocenters. The molecule has 1 aliphatic rings. The van der Waals surface area contributed by atoms with E-state index in [1.54, 1.807) is 0 Å². The minimum Gasteiger partial charge on any atom is -0.477 e. The van der Waals surface area contributed by atoms with Crippen molar-refractivity contribution in [3.8, 4) is 0 Å². The number of carbonyl (C=O) groups is 1. The molecule has 7 heteroatoms. The second-order valence-electron chi connectivity index (χ2n) is 4.29. The third kappa shape index (κ3) is 3.13. The lowest BCUT2D eigenvalue weighted by Crippen LogP contribution is -2.33. The number of hydrogen-bond donors (Lipinski definition) is 1. The fourth-order valence-corrected chi connectivity index (χ4v) is 3.01. The van der Waals surface area contributed by atoms with Gasteiger partial charge in [0.1, 0.15) is 0 Å². The van der Waals surface area contributed by atoms with Crippen molar-refractivity contribution in [1.82, 2.24) is 4.98 Å². The van der Waals surface area contributed by atoms with Crippen LogP contribution >= 0.6 is 22.9 Å². The minimum atomic E-state index is -1.04. The van der Waals surface area contributed by atoms with Crippen LogP contribution in [0, 0.1) is 0 Å². The molecule has 0 saturated carbocycles. The Morgan fingerprint density at radius 3 is 3.00 bits per heavy atom. The molecule has 2 heterocycles. The van der Waals surface area contributed by atoms with Gasteiger partial charge in [0.05, 0.1) is 6.10 Å².